The zero-order chi connectivity index (χ0) is 6.57. The molecule has 0 aliphatic heterocycles. The van der Waals surface area contributed by atoms with Crippen molar-refractivity contribution in [3.63, 3.8) is 0 Å². The summed E-state index contributed by atoms with van der Waals surface area (Å²) in [5.41, 5.74) is 9.61. The fraction of sp³-hybridized carbons (Fsp3) is 0.333. The number of aliphatic imine (C=N–C) groups is 1. The number of carbonyl (C=O) groups is 1. The number of nitrogens with two attached hydrogens (primary N) is 2. The van der Waals surface area contributed by atoms with Crippen LogP contribution in [0.25, 0.3) is 0 Å². The molecule has 0 bridgehead atoms. The zero-order valence-corrected chi connectivity index (χ0v) is 7.84. The molecule has 0 unspecified atom stereocenters. The van der Waals surface area contributed by atoms with Crippen molar-refractivity contribution in [1.82, 2.24) is 0 Å². The third-order valence-electron chi connectivity index (χ3n) is 0.397. The van der Waals surface area contributed by atoms with Gasteiger partial charge in [0.2, 0.25) is 0 Å². The van der Waals surface area contributed by atoms with E-state index in [0.29, 0.717) is 0 Å². The fourth-order valence-corrected chi connectivity index (χ4v) is 0.159. The van der Waals surface area contributed by atoms with Gasteiger partial charge in [-0.2, -0.15) is 0 Å². The number of guanidine groups is 1. The molecular weight excluding hydrogens is 175 g/mol. The largest absolute Gasteiger partial charge is 0.480 e. The van der Waals surface area contributed by atoms with E-state index in [4.69, 9.17) is 16.6 Å². The van der Waals surface area contributed by atoms with Gasteiger partial charge in [0.05, 0.1) is 0 Å². The standard InChI is InChI=1S/C3H7N3O2.Zn/c4-3(5)6-1-2(7)8;/h1H2,(H,7,8)(H4,4,5,6);. The first kappa shape index (κ1) is 11.2. The molecule has 0 rings (SSSR count). The molecule has 5 nitrogen and oxygen atoms in total. The topological polar surface area (TPSA) is 102 Å². The Kier molecular flexibility index (Phi) is 6.84. The molecule has 0 aromatic heterocycles. The minimum absolute atomic E-state index is 0. The molecule has 48 valence electrons. The van der Waals surface area contributed by atoms with Crippen molar-refractivity contribution in [2.45, 2.75) is 0 Å². The predicted molar refractivity (Wildman–Crippen MR) is 28.3 cm³/mol. The number of hydrogen-bond donors (Lipinski definition) is 3. The SMILES string of the molecule is NC(N)=NCC(=O)O.[Zn]. The Morgan fingerprint density at radius 3 is 2.11 bits per heavy atom. The van der Waals surface area contributed by atoms with Gasteiger partial charge in [-0.3, -0.25) is 4.79 Å². The second-order valence-electron chi connectivity index (χ2n) is 1.13. The van der Waals surface area contributed by atoms with E-state index in [1.54, 1.807) is 0 Å². The Hall–Kier alpha value is -0.637. The molecule has 0 radical (unpaired) electrons. The second-order valence-corrected chi connectivity index (χ2v) is 1.13. The van der Waals surface area contributed by atoms with Gasteiger partial charge in [-0.15, -0.1) is 0 Å². The quantitative estimate of drug-likeness (QED) is 0.270. The van der Waals surface area contributed by atoms with Crippen molar-refractivity contribution in [3.8, 4) is 0 Å². The van der Waals surface area contributed by atoms with Crippen LogP contribution in [0.15, 0.2) is 4.99 Å². The van der Waals surface area contributed by atoms with Crippen LogP contribution in [0.5, 0.6) is 0 Å². The summed E-state index contributed by atoms with van der Waals surface area (Å²) in [4.78, 5) is 12.9. The second kappa shape index (κ2) is 5.50. The molecule has 0 aromatic rings. The Labute approximate surface area is 64.9 Å². The van der Waals surface area contributed by atoms with Gasteiger partial charge < -0.3 is 16.6 Å². The van der Waals surface area contributed by atoms with Crippen LogP contribution in [-0.4, -0.2) is 23.6 Å². The van der Waals surface area contributed by atoms with Gasteiger partial charge in [0, 0.05) is 19.5 Å². The van der Waals surface area contributed by atoms with E-state index in [0.717, 1.165) is 0 Å². The van der Waals surface area contributed by atoms with Crippen molar-refractivity contribution < 1.29 is 29.4 Å². The van der Waals surface area contributed by atoms with Crippen LogP contribution in [0.1, 0.15) is 0 Å². The fourth-order valence-electron chi connectivity index (χ4n) is 0.159. The van der Waals surface area contributed by atoms with E-state index in [2.05, 4.69) is 4.99 Å². The van der Waals surface area contributed by atoms with E-state index >= 15 is 0 Å². The maximum absolute atomic E-state index is 9.69. The minimum Gasteiger partial charge on any atom is -0.480 e. The average molecular weight is 182 g/mol. The van der Waals surface area contributed by atoms with Crippen molar-refractivity contribution in [2.24, 2.45) is 16.5 Å². The summed E-state index contributed by atoms with van der Waals surface area (Å²) >= 11 is 0. The van der Waals surface area contributed by atoms with Crippen LogP contribution in [0.3, 0.4) is 0 Å². The van der Waals surface area contributed by atoms with Crippen molar-refractivity contribution in [1.29, 1.82) is 0 Å². The summed E-state index contributed by atoms with van der Waals surface area (Å²) in [6.07, 6.45) is 0. The normalized spacial score (nSPS) is 7.11. The van der Waals surface area contributed by atoms with Gasteiger partial charge in [-0.25, -0.2) is 4.99 Å². The molecule has 0 amide bonds. The first-order valence-corrected chi connectivity index (χ1v) is 1.90. The number of carboxylic acid groups (broad SMARTS) is 1. The summed E-state index contributed by atoms with van der Waals surface area (Å²) in [5, 5.41) is 7.94. The van der Waals surface area contributed by atoms with E-state index < -0.39 is 5.97 Å². The summed E-state index contributed by atoms with van der Waals surface area (Å²) in [7, 11) is 0. The zero-order valence-electron chi connectivity index (χ0n) is 4.87. The number of hydrogen-bond acceptors (Lipinski definition) is 2. The summed E-state index contributed by atoms with van der Waals surface area (Å²) in [5.74, 6) is -1.24. The van der Waals surface area contributed by atoms with Gasteiger partial charge in [-0.05, 0) is 0 Å². The number of nitrogens with zero attached hydrogens (tertiary/aromatic N) is 1. The summed E-state index contributed by atoms with van der Waals surface area (Å²) in [6, 6.07) is 0. The average Bonchev–Trinajstić information content (AvgIpc) is 1.61. The molecule has 0 atom stereocenters. The number of rotatable bonds is 2. The van der Waals surface area contributed by atoms with Gasteiger partial charge in [0.1, 0.15) is 6.54 Å². The molecule has 9 heavy (non-hydrogen) atoms. The van der Waals surface area contributed by atoms with Gasteiger partial charge >= 0.3 is 5.97 Å². The molecule has 0 spiro atoms. The maximum atomic E-state index is 9.69. The van der Waals surface area contributed by atoms with E-state index in [9.17, 15) is 4.79 Å². The van der Waals surface area contributed by atoms with Crippen molar-refractivity contribution >= 4 is 11.9 Å². The smallest absolute Gasteiger partial charge is 0.325 e. The molecule has 0 aliphatic rings. The van der Waals surface area contributed by atoms with Gasteiger partial charge in [0.15, 0.2) is 5.96 Å². The minimum atomic E-state index is -1.04. The molecular formula is C3H7N3O2Zn. The summed E-state index contributed by atoms with van der Waals surface area (Å²) < 4.78 is 0. The van der Waals surface area contributed by atoms with Crippen LogP contribution < -0.4 is 11.5 Å². The van der Waals surface area contributed by atoms with Crippen molar-refractivity contribution in [2.75, 3.05) is 6.54 Å². The van der Waals surface area contributed by atoms with Crippen molar-refractivity contribution in [3.05, 3.63) is 0 Å². The van der Waals surface area contributed by atoms with Crippen LogP contribution in [0.2, 0.25) is 0 Å². The molecule has 6 heteroatoms. The first-order valence-electron chi connectivity index (χ1n) is 1.90. The Bertz CT molecular complexity index is 120. The molecule has 0 fully saturated rings. The van der Waals surface area contributed by atoms with E-state index in [1.807, 2.05) is 0 Å². The van der Waals surface area contributed by atoms with Gasteiger partial charge in [0.25, 0.3) is 0 Å². The number of aliphatic carboxylic acids is 1. The Balaban J connectivity index is 0. The molecule has 0 saturated carbocycles. The molecule has 0 aromatic carbocycles. The van der Waals surface area contributed by atoms with Gasteiger partial charge in [-0.1, -0.05) is 0 Å². The molecule has 0 saturated heterocycles. The molecule has 0 aliphatic carbocycles. The molecule has 5 N–H and O–H groups in total. The Morgan fingerprint density at radius 1 is 1.56 bits per heavy atom. The molecule has 0 heterocycles. The predicted octanol–water partition coefficient (Wildman–Crippen LogP) is -1.66. The van der Waals surface area contributed by atoms with Crippen LogP contribution in [-0.2, 0) is 24.3 Å². The van der Waals surface area contributed by atoms with Crippen LogP contribution in [0, 0.1) is 0 Å². The first-order chi connectivity index (χ1) is 3.63. The van der Waals surface area contributed by atoms with E-state index in [-0.39, 0.29) is 32.0 Å². The third-order valence-corrected chi connectivity index (χ3v) is 0.397. The van der Waals surface area contributed by atoms with E-state index in [1.165, 1.54) is 0 Å². The number of carboxylic acids is 1. The third kappa shape index (κ3) is 11.1. The van der Waals surface area contributed by atoms with Crippen LogP contribution >= 0.6 is 0 Å². The van der Waals surface area contributed by atoms with Crippen LogP contribution in [0.4, 0.5) is 0 Å². The maximum Gasteiger partial charge on any atom is 0.325 e. The monoisotopic (exact) mass is 181 g/mol. The summed E-state index contributed by atoms with van der Waals surface area (Å²) in [6.45, 7) is -0.359. The Morgan fingerprint density at radius 2 is 2.00 bits per heavy atom.